The summed E-state index contributed by atoms with van der Waals surface area (Å²) in [6.45, 7) is -0.155. The van der Waals surface area contributed by atoms with Crippen molar-refractivity contribution in [3.05, 3.63) is 77.0 Å². The van der Waals surface area contributed by atoms with Crippen LogP contribution in [0.5, 0.6) is 0 Å². The van der Waals surface area contributed by atoms with Crippen LogP contribution in [-0.2, 0) is 7.05 Å². The van der Waals surface area contributed by atoms with Gasteiger partial charge in [-0.2, -0.15) is 4.98 Å². The van der Waals surface area contributed by atoms with E-state index in [-0.39, 0.29) is 18.1 Å². The van der Waals surface area contributed by atoms with Gasteiger partial charge in [0.1, 0.15) is 5.82 Å². The summed E-state index contributed by atoms with van der Waals surface area (Å²) in [6, 6.07) is 14.5. The Morgan fingerprint density at radius 2 is 2.06 bits per heavy atom. The van der Waals surface area contributed by atoms with Crippen LogP contribution in [0.4, 0.5) is 17.5 Å². The van der Waals surface area contributed by atoms with E-state index in [0.717, 1.165) is 11.1 Å². The lowest BCUT2D eigenvalue weighted by Gasteiger charge is -2.19. The van der Waals surface area contributed by atoms with Crippen LogP contribution in [-0.4, -0.2) is 41.7 Å². The molecule has 166 valence electrons. The zero-order valence-corrected chi connectivity index (χ0v) is 17.6. The van der Waals surface area contributed by atoms with Gasteiger partial charge in [0, 0.05) is 18.9 Å². The molecule has 11 nitrogen and oxygen atoms in total. The summed E-state index contributed by atoms with van der Waals surface area (Å²) in [5.41, 5.74) is 2.69. The SMILES string of the molecule is Cn1[nH]c(=O)c2ccc(Nc3ncc(-c4nnco4)c(N[C@H](CO)c4ccccc4)n3)cc21. The topological polar surface area (TPSA) is 147 Å². The van der Waals surface area contributed by atoms with Gasteiger partial charge in [-0.05, 0) is 23.8 Å². The van der Waals surface area contributed by atoms with Gasteiger partial charge in [0.25, 0.3) is 11.4 Å². The van der Waals surface area contributed by atoms with E-state index in [1.54, 1.807) is 30.1 Å². The van der Waals surface area contributed by atoms with Crippen LogP contribution >= 0.6 is 0 Å². The molecule has 0 spiro atoms. The molecule has 0 aliphatic heterocycles. The fraction of sp³-hybridized carbons (Fsp3) is 0.136. The van der Waals surface area contributed by atoms with Crippen molar-refractivity contribution < 1.29 is 9.52 Å². The molecule has 4 N–H and O–H groups in total. The van der Waals surface area contributed by atoms with E-state index in [9.17, 15) is 9.90 Å². The van der Waals surface area contributed by atoms with Crippen LogP contribution in [0.25, 0.3) is 22.4 Å². The minimum absolute atomic E-state index is 0.151. The maximum atomic E-state index is 11.9. The molecule has 5 rings (SSSR count). The molecular weight excluding hydrogens is 424 g/mol. The Bertz CT molecular complexity index is 1440. The first-order valence-corrected chi connectivity index (χ1v) is 10.1. The van der Waals surface area contributed by atoms with Gasteiger partial charge in [-0.1, -0.05) is 30.3 Å². The molecule has 0 radical (unpaired) electrons. The van der Waals surface area contributed by atoms with Crippen LogP contribution in [0.15, 0.2) is 70.3 Å². The molecule has 0 unspecified atom stereocenters. The highest BCUT2D eigenvalue weighted by molar-refractivity contribution is 5.83. The van der Waals surface area contributed by atoms with Crippen molar-refractivity contribution in [2.75, 3.05) is 17.2 Å². The molecule has 0 fully saturated rings. The van der Waals surface area contributed by atoms with Gasteiger partial charge in [-0.3, -0.25) is 14.6 Å². The van der Waals surface area contributed by atoms with Gasteiger partial charge in [-0.15, -0.1) is 10.2 Å². The number of aliphatic hydroxyl groups excluding tert-OH is 1. The van der Waals surface area contributed by atoms with Gasteiger partial charge in [0.2, 0.25) is 12.3 Å². The first-order valence-electron chi connectivity index (χ1n) is 10.1. The third kappa shape index (κ3) is 4.04. The Balaban J connectivity index is 1.50. The number of nitrogens with zero attached hydrogens (tertiary/aromatic N) is 5. The number of aliphatic hydroxyl groups is 1. The van der Waals surface area contributed by atoms with Gasteiger partial charge in [0.05, 0.1) is 29.1 Å². The summed E-state index contributed by atoms with van der Waals surface area (Å²) in [4.78, 5) is 20.9. The smallest absolute Gasteiger partial charge is 0.271 e. The van der Waals surface area contributed by atoms with Crippen molar-refractivity contribution in [3.8, 4) is 11.5 Å². The zero-order valence-electron chi connectivity index (χ0n) is 17.6. The van der Waals surface area contributed by atoms with Crippen molar-refractivity contribution in [3.63, 3.8) is 0 Å². The highest BCUT2D eigenvalue weighted by atomic mass is 16.4. The lowest BCUT2D eigenvalue weighted by atomic mass is 10.1. The number of aromatic amines is 1. The quantitative estimate of drug-likeness (QED) is 0.297. The standard InChI is InChI=1S/C22H20N8O3/c1-30-18-9-14(7-8-15(18)20(32)29-30)25-22-23-10-16(21-28-24-12-33-21)19(27-22)26-17(11-31)13-5-3-2-4-6-13/h2-10,12,17,31H,11H2,1H3,(H,29,32)(H2,23,25,26,27)/t17-/m1/s1. The summed E-state index contributed by atoms with van der Waals surface area (Å²) in [5.74, 6) is 0.970. The molecule has 0 saturated heterocycles. The summed E-state index contributed by atoms with van der Waals surface area (Å²) >= 11 is 0. The molecular formula is C22H20N8O3. The van der Waals surface area contributed by atoms with E-state index < -0.39 is 6.04 Å². The fourth-order valence-corrected chi connectivity index (χ4v) is 3.56. The average molecular weight is 444 g/mol. The van der Waals surface area contributed by atoms with Crippen molar-refractivity contribution in [2.24, 2.45) is 7.05 Å². The Hall–Kier alpha value is -4.51. The minimum Gasteiger partial charge on any atom is -0.423 e. The number of fused-ring (bicyclic) bond motifs is 1. The van der Waals surface area contributed by atoms with Crippen LogP contribution in [0.2, 0.25) is 0 Å². The molecule has 2 aromatic carbocycles. The van der Waals surface area contributed by atoms with Crippen LogP contribution in [0, 0.1) is 0 Å². The third-order valence-electron chi connectivity index (χ3n) is 5.20. The van der Waals surface area contributed by atoms with E-state index in [1.165, 1.54) is 6.39 Å². The Kier molecular flexibility index (Phi) is 5.29. The second-order valence-electron chi connectivity index (χ2n) is 7.35. The fourth-order valence-electron chi connectivity index (χ4n) is 3.56. The van der Waals surface area contributed by atoms with Crippen LogP contribution < -0.4 is 16.2 Å². The van der Waals surface area contributed by atoms with E-state index in [1.807, 2.05) is 36.4 Å². The van der Waals surface area contributed by atoms with Crippen molar-refractivity contribution in [1.82, 2.24) is 29.9 Å². The molecule has 1 atom stereocenters. The molecule has 0 aliphatic rings. The highest BCUT2D eigenvalue weighted by Crippen LogP contribution is 2.29. The predicted molar refractivity (Wildman–Crippen MR) is 122 cm³/mol. The number of aromatic nitrogens is 6. The molecule has 3 aromatic heterocycles. The molecule has 0 aliphatic carbocycles. The van der Waals surface area contributed by atoms with Gasteiger partial charge >= 0.3 is 0 Å². The van der Waals surface area contributed by atoms with Crippen LogP contribution in [0.1, 0.15) is 11.6 Å². The number of nitrogens with one attached hydrogen (secondary N) is 3. The Morgan fingerprint density at radius 1 is 1.21 bits per heavy atom. The Labute approximate surface area is 187 Å². The molecule has 3 heterocycles. The first kappa shape index (κ1) is 20.4. The summed E-state index contributed by atoms with van der Waals surface area (Å²) in [6.07, 6.45) is 2.79. The zero-order chi connectivity index (χ0) is 22.8. The molecule has 0 saturated carbocycles. The summed E-state index contributed by atoms with van der Waals surface area (Å²) in [5, 5.41) is 27.4. The predicted octanol–water partition coefficient (Wildman–Crippen LogP) is 2.60. The molecule has 11 heteroatoms. The van der Waals surface area contributed by atoms with E-state index >= 15 is 0 Å². The number of aryl methyl sites for hydroxylation is 1. The maximum Gasteiger partial charge on any atom is 0.271 e. The number of hydrogen-bond acceptors (Lipinski definition) is 9. The van der Waals surface area contributed by atoms with Crippen molar-refractivity contribution in [2.45, 2.75) is 6.04 Å². The maximum absolute atomic E-state index is 11.9. The van der Waals surface area contributed by atoms with E-state index in [4.69, 9.17) is 4.42 Å². The number of H-pyrrole nitrogens is 1. The summed E-state index contributed by atoms with van der Waals surface area (Å²) in [7, 11) is 1.77. The van der Waals surface area contributed by atoms with Gasteiger partial charge < -0.3 is 20.2 Å². The molecule has 0 amide bonds. The van der Waals surface area contributed by atoms with Crippen molar-refractivity contribution in [1.29, 1.82) is 0 Å². The van der Waals surface area contributed by atoms with Gasteiger partial charge in [0.15, 0.2) is 0 Å². The molecule has 5 aromatic rings. The number of rotatable bonds is 7. The third-order valence-corrected chi connectivity index (χ3v) is 5.20. The lowest BCUT2D eigenvalue weighted by Crippen LogP contribution is -2.17. The van der Waals surface area contributed by atoms with Crippen LogP contribution in [0.3, 0.4) is 0 Å². The second-order valence-corrected chi connectivity index (χ2v) is 7.35. The second kappa shape index (κ2) is 8.55. The molecule has 0 bridgehead atoms. The van der Waals surface area contributed by atoms with E-state index in [2.05, 4.69) is 35.9 Å². The normalized spacial score (nSPS) is 12.1. The monoisotopic (exact) mass is 444 g/mol. The number of hydrogen-bond donors (Lipinski definition) is 4. The first-order chi connectivity index (χ1) is 16.1. The van der Waals surface area contributed by atoms with E-state index in [0.29, 0.717) is 28.4 Å². The average Bonchev–Trinajstić information content (AvgIpc) is 3.46. The van der Waals surface area contributed by atoms with Gasteiger partial charge in [-0.25, -0.2) is 4.98 Å². The highest BCUT2D eigenvalue weighted by Gasteiger charge is 2.18. The Morgan fingerprint density at radius 3 is 2.82 bits per heavy atom. The molecule has 33 heavy (non-hydrogen) atoms. The van der Waals surface area contributed by atoms with Crippen molar-refractivity contribution >= 4 is 28.4 Å². The largest absolute Gasteiger partial charge is 0.423 e. The minimum atomic E-state index is -0.415. The lowest BCUT2D eigenvalue weighted by molar-refractivity contribution is 0.276. The number of anilines is 3. The summed E-state index contributed by atoms with van der Waals surface area (Å²) < 4.78 is 7.00. The number of benzene rings is 2.